The van der Waals surface area contributed by atoms with E-state index in [0.717, 1.165) is 11.8 Å². The third-order valence-corrected chi connectivity index (χ3v) is 3.47. The minimum absolute atomic E-state index is 0.121. The van der Waals surface area contributed by atoms with Gasteiger partial charge in [-0.3, -0.25) is 4.99 Å². The zero-order valence-electron chi connectivity index (χ0n) is 5.68. The second-order valence-electron chi connectivity index (χ2n) is 1.96. The highest BCUT2D eigenvalue weighted by Gasteiger charge is 2.43. The first-order valence-corrected chi connectivity index (χ1v) is 4.96. The minimum atomic E-state index is -4.11. The number of nitrogens with zero attached hydrogens (tertiary/aromatic N) is 1. The molecule has 0 radical (unpaired) electrons. The molecule has 0 aromatic carbocycles. The lowest BCUT2D eigenvalue weighted by molar-refractivity contribution is -0.126. The van der Waals surface area contributed by atoms with Crippen LogP contribution in [0.4, 0.5) is 13.2 Å². The van der Waals surface area contributed by atoms with E-state index in [1.54, 1.807) is 6.26 Å². The van der Waals surface area contributed by atoms with E-state index in [0.29, 0.717) is 4.38 Å². The molecule has 1 heterocycles. The topological polar surface area (TPSA) is 12.4 Å². The Morgan fingerprint density at radius 3 is 2.55 bits per heavy atom. The van der Waals surface area contributed by atoms with E-state index in [1.165, 1.54) is 11.8 Å². The maximum absolute atomic E-state index is 12.0. The molecule has 0 bridgehead atoms. The van der Waals surface area contributed by atoms with E-state index in [2.05, 4.69) is 4.99 Å². The van der Waals surface area contributed by atoms with Gasteiger partial charge in [0.25, 0.3) is 0 Å². The van der Waals surface area contributed by atoms with Gasteiger partial charge in [0.1, 0.15) is 9.63 Å². The van der Waals surface area contributed by atoms with Crippen molar-refractivity contribution in [1.29, 1.82) is 0 Å². The van der Waals surface area contributed by atoms with Crippen molar-refractivity contribution >= 4 is 27.9 Å². The Labute approximate surface area is 70.8 Å². The van der Waals surface area contributed by atoms with Crippen LogP contribution in [0, 0.1) is 0 Å². The number of rotatable bonds is 0. The molecule has 6 heteroatoms. The van der Waals surface area contributed by atoms with Gasteiger partial charge in [0.15, 0.2) is 0 Å². The molecule has 1 aliphatic heterocycles. The monoisotopic (exact) mass is 201 g/mol. The number of hydrogen-bond acceptors (Lipinski definition) is 3. The van der Waals surface area contributed by atoms with Crippen molar-refractivity contribution < 1.29 is 13.2 Å². The van der Waals surface area contributed by atoms with Gasteiger partial charge in [-0.2, -0.15) is 13.2 Å². The molecule has 64 valence electrons. The summed E-state index contributed by atoms with van der Waals surface area (Å²) in [6.07, 6.45) is -2.38. The molecular formula is C5H6F3NS2. The Balaban J connectivity index is 2.48. The first-order chi connectivity index (χ1) is 5.04. The highest BCUT2D eigenvalue weighted by molar-refractivity contribution is 8.39. The Kier molecular flexibility index (Phi) is 2.74. The first kappa shape index (κ1) is 9.25. The number of halogens is 3. The predicted octanol–water partition coefficient (Wildman–Crippen LogP) is 2.38. The van der Waals surface area contributed by atoms with Crippen LogP contribution >= 0.6 is 23.5 Å². The van der Waals surface area contributed by atoms with Crippen molar-refractivity contribution in [3.63, 3.8) is 0 Å². The summed E-state index contributed by atoms with van der Waals surface area (Å²) in [5.74, 6) is 0. The molecule has 11 heavy (non-hydrogen) atoms. The largest absolute Gasteiger partial charge is 0.402 e. The summed E-state index contributed by atoms with van der Waals surface area (Å²) in [6.45, 7) is -0.121. The lowest BCUT2D eigenvalue weighted by Crippen LogP contribution is -2.26. The molecule has 1 rings (SSSR count). The summed E-state index contributed by atoms with van der Waals surface area (Å²) in [6, 6.07) is 0. The van der Waals surface area contributed by atoms with Gasteiger partial charge in [-0.15, -0.1) is 11.8 Å². The van der Waals surface area contributed by atoms with Gasteiger partial charge in [0, 0.05) is 0 Å². The number of hydrogen-bond donors (Lipinski definition) is 0. The Morgan fingerprint density at radius 1 is 1.64 bits per heavy atom. The third-order valence-electron chi connectivity index (χ3n) is 1.17. The smallest absolute Gasteiger partial charge is 0.270 e. The molecular weight excluding hydrogens is 195 g/mol. The summed E-state index contributed by atoms with van der Waals surface area (Å²) < 4.78 is 36.4. The Morgan fingerprint density at radius 2 is 2.27 bits per heavy atom. The molecule has 1 unspecified atom stereocenters. The van der Waals surface area contributed by atoms with Crippen molar-refractivity contribution in [2.24, 2.45) is 4.99 Å². The molecule has 1 atom stereocenters. The lowest BCUT2D eigenvalue weighted by atomic mass is 10.4. The molecule has 1 nitrogen and oxygen atoms in total. The molecule has 0 aliphatic carbocycles. The van der Waals surface area contributed by atoms with E-state index in [9.17, 15) is 13.2 Å². The van der Waals surface area contributed by atoms with Crippen LogP contribution in [-0.4, -0.2) is 28.6 Å². The quantitative estimate of drug-likeness (QED) is 0.596. The van der Waals surface area contributed by atoms with E-state index in [-0.39, 0.29) is 6.54 Å². The van der Waals surface area contributed by atoms with Crippen LogP contribution < -0.4 is 0 Å². The van der Waals surface area contributed by atoms with Crippen LogP contribution in [-0.2, 0) is 0 Å². The maximum atomic E-state index is 12.0. The third kappa shape index (κ3) is 2.30. The maximum Gasteiger partial charge on any atom is 0.402 e. The average Bonchev–Trinajstić information content (AvgIpc) is 2.32. The molecule has 1 aliphatic rings. The molecule has 0 fully saturated rings. The van der Waals surface area contributed by atoms with Gasteiger partial charge in [0.05, 0.1) is 6.54 Å². The molecule has 0 aromatic heterocycles. The van der Waals surface area contributed by atoms with Crippen LogP contribution in [0.5, 0.6) is 0 Å². The fourth-order valence-electron chi connectivity index (χ4n) is 0.637. The second kappa shape index (κ2) is 3.26. The Hall–Kier alpha value is 0.160. The van der Waals surface area contributed by atoms with Crippen molar-refractivity contribution in [2.75, 3.05) is 12.8 Å². The summed E-state index contributed by atoms with van der Waals surface area (Å²) in [5, 5.41) is -1.31. The van der Waals surface area contributed by atoms with Crippen LogP contribution in [0.25, 0.3) is 0 Å². The van der Waals surface area contributed by atoms with Crippen LogP contribution in [0.2, 0.25) is 0 Å². The van der Waals surface area contributed by atoms with Crippen LogP contribution in [0.3, 0.4) is 0 Å². The Bertz CT molecular complexity index is 177. The van der Waals surface area contributed by atoms with Crippen molar-refractivity contribution in [2.45, 2.75) is 11.4 Å². The summed E-state index contributed by atoms with van der Waals surface area (Å²) in [7, 11) is 0. The van der Waals surface area contributed by atoms with E-state index in [4.69, 9.17) is 0 Å². The highest BCUT2D eigenvalue weighted by Crippen LogP contribution is 2.37. The van der Waals surface area contributed by atoms with Gasteiger partial charge >= 0.3 is 6.18 Å². The molecule has 0 aromatic rings. The summed E-state index contributed by atoms with van der Waals surface area (Å²) >= 11 is 2.07. The molecule has 0 N–H and O–H groups in total. The highest BCUT2D eigenvalue weighted by atomic mass is 32.2. The van der Waals surface area contributed by atoms with Gasteiger partial charge in [-0.1, -0.05) is 11.8 Å². The van der Waals surface area contributed by atoms with Crippen molar-refractivity contribution in [1.82, 2.24) is 0 Å². The lowest BCUT2D eigenvalue weighted by Gasteiger charge is -2.11. The zero-order valence-corrected chi connectivity index (χ0v) is 7.32. The van der Waals surface area contributed by atoms with Gasteiger partial charge in [-0.05, 0) is 6.26 Å². The van der Waals surface area contributed by atoms with E-state index >= 15 is 0 Å². The van der Waals surface area contributed by atoms with E-state index in [1.807, 2.05) is 0 Å². The number of thioether (sulfide) groups is 2. The molecule has 0 saturated carbocycles. The van der Waals surface area contributed by atoms with Crippen LogP contribution in [0.15, 0.2) is 4.99 Å². The van der Waals surface area contributed by atoms with Crippen LogP contribution in [0.1, 0.15) is 0 Å². The fraction of sp³-hybridized carbons (Fsp3) is 0.800. The number of alkyl halides is 3. The predicted molar refractivity (Wildman–Crippen MR) is 43.3 cm³/mol. The number of aliphatic imine (C=N–C) groups is 1. The van der Waals surface area contributed by atoms with Gasteiger partial charge in [-0.25, -0.2) is 0 Å². The standard InChI is InChI=1S/C5H6F3NS2/c1-10-4-9-2-3(11-4)5(6,7)8/h3H,2H2,1H3. The first-order valence-electron chi connectivity index (χ1n) is 2.86. The average molecular weight is 201 g/mol. The molecule has 0 spiro atoms. The second-order valence-corrected chi connectivity index (χ2v) is 4.20. The van der Waals surface area contributed by atoms with E-state index < -0.39 is 11.4 Å². The fourth-order valence-corrected chi connectivity index (χ4v) is 2.25. The minimum Gasteiger partial charge on any atom is -0.270 e. The van der Waals surface area contributed by atoms with Crippen molar-refractivity contribution in [3.8, 4) is 0 Å². The molecule has 0 saturated heterocycles. The van der Waals surface area contributed by atoms with Crippen molar-refractivity contribution in [3.05, 3.63) is 0 Å². The SMILES string of the molecule is CSC1=NCC(C(F)(F)F)S1. The zero-order chi connectivity index (χ0) is 8.48. The normalized spacial score (nSPS) is 25.5. The van der Waals surface area contributed by atoms with Gasteiger partial charge < -0.3 is 0 Å². The van der Waals surface area contributed by atoms with Gasteiger partial charge in [0.2, 0.25) is 0 Å². The summed E-state index contributed by atoms with van der Waals surface area (Å²) in [4.78, 5) is 3.72. The summed E-state index contributed by atoms with van der Waals surface area (Å²) in [5.41, 5.74) is 0. The molecule has 0 amide bonds.